The van der Waals surface area contributed by atoms with Crippen LogP contribution in [0.2, 0.25) is 0 Å². The van der Waals surface area contributed by atoms with E-state index in [1.165, 1.54) is 32.1 Å². The zero-order valence-corrected chi connectivity index (χ0v) is 9.59. The van der Waals surface area contributed by atoms with Crippen molar-refractivity contribution in [3.63, 3.8) is 0 Å². The number of unbranched alkanes of at least 4 members (excludes halogenated alkanes) is 1. The molecule has 13 heavy (non-hydrogen) atoms. The molecular formula is C10H18CuLiO. The zero-order chi connectivity index (χ0) is 8.10. The molecule has 0 saturated carbocycles. The standard InChI is InChI=1S/C10H18O.Cu.Li/c1-2-3-5-9-6-4-7-10(11)8-9;;/h8-9,11H,2-7H2,1H3;;. The average Bonchev–Trinajstić information content (AvgIpc) is 2.01. The summed E-state index contributed by atoms with van der Waals surface area (Å²) < 4.78 is 0. The third-order valence-corrected chi connectivity index (χ3v) is 2.36. The molecule has 3 heteroatoms. The number of aliphatic hydroxyl groups excluding tert-OH is 1. The summed E-state index contributed by atoms with van der Waals surface area (Å²) in [6.07, 6.45) is 9.25. The van der Waals surface area contributed by atoms with Crippen molar-refractivity contribution >= 4 is 18.9 Å². The van der Waals surface area contributed by atoms with Crippen molar-refractivity contribution in [2.75, 3.05) is 0 Å². The van der Waals surface area contributed by atoms with E-state index in [0.29, 0.717) is 11.7 Å². The molecule has 0 aliphatic heterocycles. The molecule has 1 rings (SSSR count). The molecule has 0 aromatic rings. The van der Waals surface area contributed by atoms with Crippen LogP contribution in [-0.2, 0) is 17.1 Å². The number of allylic oxidation sites excluding steroid dienone is 2. The summed E-state index contributed by atoms with van der Waals surface area (Å²) in [5.74, 6) is 1.29. The number of rotatable bonds is 3. The maximum Gasteiger partial charge on any atom is 0.0885 e. The van der Waals surface area contributed by atoms with E-state index in [2.05, 4.69) is 13.0 Å². The summed E-state index contributed by atoms with van der Waals surface area (Å²) in [7, 11) is 0. The Morgan fingerprint density at radius 2 is 2.23 bits per heavy atom. The molecule has 0 spiro atoms. The second kappa shape index (κ2) is 9.22. The average molecular weight is 225 g/mol. The van der Waals surface area contributed by atoms with Crippen molar-refractivity contribution in [3.8, 4) is 0 Å². The molecule has 1 aliphatic rings. The zero-order valence-electron chi connectivity index (χ0n) is 8.65. The summed E-state index contributed by atoms with van der Waals surface area (Å²) in [4.78, 5) is 0. The molecule has 76 valence electrons. The third kappa shape index (κ3) is 6.69. The maximum atomic E-state index is 9.24. The summed E-state index contributed by atoms with van der Waals surface area (Å²) in [6.45, 7) is 2.21. The Morgan fingerprint density at radius 3 is 2.77 bits per heavy atom. The first-order valence-corrected chi connectivity index (χ1v) is 4.72. The molecule has 0 amide bonds. The fourth-order valence-corrected chi connectivity index (χ4v) is 1.68. The number of hydrogen-bond acceptors (Lipinski definition) is 1. The van der Waals surface area contributed by atoms with Crippen LogP contribution in [-0.4, -0.2) is 24.0 Å². The molecule has 1 unspecified atom stereocenters. The van der Waals surface area contributed by atoms with Crippen molar-refractivity contribution in [1.29, 1.82) is 0 Å². The Kier molecular flexibility index (Phi) is 11.4. The van der Waals surface area contributed by atoms with Crippen molar-refractivity contribution < 1.29 is 22.2 Å². The molecule has 0 heterocycles. The van der Waals surface area contributed by atoms with Gasteiger partial charge in [0.25, 0.3) is 0 Å². The molecule has 2 radical (unpaired) electrons. The Hall–Kier alpha value is 0.657. The van der Waals surface area contributed by atoms with Gasteiger partial charge in [0.1, 0.15) is 0 Å². The van der Waals surface area contributed by atoms with Crippen LogP contribution < -0.4 is 0 Å². The third-order valence-electron chi connectivity index (χ3n) is 2.36. The second-order valence-electron chi connectivity index (χ2n) is 3.45. The van der Waals surface area contributed by atoms with Crippen LogP contribution in [0.25, 0.3) is 0 Å². The van der Waals surface area contributed by atoms with Crippen LogP contribution in [0.5, 0.6) is 0 Å². The Labute approximate surface area is 104 Å². The first-order chi connectivity index (χ1) is 5.33. The van der Waals surface area contributed by atoms with Crippen molar-refractivity contribution in [2.24, 2.45) is 5.92 Å². The van der Waals surface area contributed by atoms with Crippen LogP contribution in [0.1, 0.15) is 45.4 Å². The summed E-state index contributed by atoms with van der Waals surface area (Å²) in [6, 6.07) is 0. The minimum Gasteiger partial charge on any atom is -0.513 e. The van der Waals surface area contributed by atoms with Gasteiger partial charge in [0.05, 0.1) is 5.76 Å². The van der Waals surface area contributed by atoms with Crippen molar-refractivity contribution in [2.45, 2.75) is 45.4 Å². The number of hydrogen-bond donors (Lipinski definition) is 1. The van der Waals surface area contributed by atoms with Gasteiger partial charge in [-0.3, -0.25) is 0 Å². The minimum atomic E-state index is 0. The van der Waals surface area contributed by atoms with Gasteiger partial charge in [-0.15, -0.1) is 0 Å². The van der Waals surface area contributed by atoms with Crippen LogP contribution in [0.15, 0.2) is 11.8 Å². The Balaban J connectivity index is 0. The topological polar surface area (TPSA) is 20.2 Å². The van der Waals surface area contributed by atoms with Gasteiger partial charge in [0, 0.05) is 42.4 Å². The summed E-state index contributed by atoms with van der Waals surface area (Å²) in [5, 5.41) is 9.24. The Morgan fingerprint density at radius 1 is 1.54 bits per heavy atom. The molecule has 0 fully saturated rings. The predicted molar refractivity (Wildman–Crippen MR) is 53.3 cm³/mol. The van der Waals surface area contributed by atoms with Gasteiger partial charge in [-0.1, -0.05) is 19.8 Å². The minimum absolute atomic E-state index is 0. The van der Waals surface area contributed by atoms with Crippen LogP contribution >= 0.6 is 0 Å². The van der Waals surface area contributed by atoms with E-state index in [1.807, 2.05) is 0 Å². The van der Waals surface area contributed by atoms with E-state index in [1.54, 1.807) is 0 Å². The largest absolute Gasteiger partial charge is 0.513 e. The van der Waals surface area contributed by atoms with E-state index < -0.39 is 0 Å². The van der Waals surface area contributed by atoms with Gasteiger partial charge in [0.2, 0.25) is 0 Å². The molecule has 0 bridgehead atoms. The predicted octanol–water partition coefficient (Wildman–Crippen LogP) is 3.04. The molecule has 1 nitrogen and oxygen atoms in total. The summed E-state index contributed by atoms with van der Waals surface area (Å²) >= 11 is 0. The van der Waals surface area contributed by atoms with Crippen molar-refractivity contribution in [1.82, 2.24) is 0 Å². The van der Waals surface area contributed by atoms with E-state index in [4.69, 9.17) is 0 Å². The van der Waals surface area contributed by atoms with Crippen LogP contribution in [0, 0.1) is 5.92 Å². The molecule has 1 aliphatic carbocycles. The Bertz CT molecular complexity index is 148. The van der Waals surface area contributed by atoms with E-state index >= 15 is 0 Å². The van der Waals surface area contributed by atoms with Gasteiger partial charge in [-0.05, 0) is 31.3 Å². The molecule has 1 N–H and O–H groups in total. The summed E-state index contributed by atoms with van der Waals surface area (Å²) in [5.41, 5.74) is 0. The van der Waals surface area contributed by atoms with Gasteiger partial charge in [-0.25, -0.2) is 0 Å². The molecule has 0 aromatic heterocycles. The fraction of sp³-hybridized carbons (Fsp3) is 0.800. The second-order valence-corrected chi connectivity index (χ2v) is 3.45. The van der Waals surface area contributed by atoms with E-state index in [-0.39, 0.29) is 35.9 Å². The monoisotopic (exact) mass is 224 g/mol. The number of aliphatic hydroxyl groups is 1. The smallest absolute Gasteiger partial charge is 0.0885 e. The van der Waals surface area contributed by atoms with E-state index in [9.17, 15) is 5.11 Å². The van der Waals surface area contributed by atoms with Gasteiger partial charge < -0.3 is 5.11 Å². The van der Waals surface area contributed by atoms with Gasteiger partial charge in [-0.2, -0.15) is 0 Å². The first-order valence-electron chi connectivity index (χ1n) is 4.72. The van der Waals surface area contributed by atoms with Crippen molar-refractivity contribution in [3.05, 3.63) is 11.8 Å². The molecule has 1 atom stereocenters. The van der Waals surface area contributed by atoms with Crippen LogP contribution in [0.3, 0.4) is 0 Å². The quantitative estimate of drug-likeness (QED) is 0.731. The van der Waals surface area contributed by atoms with E-state index in [0.717, 1.165) is 6.42 Å². The molecule has 0 aromatic carbocycles. The van der Waals surface area contributed by atoms with Gasteiger partial charge in [0.15, 0.2) is 0 Å². The fourth-order valence-electron chi connectivity index (χ4n) is 1.68. The normalized spacial score (nSPS) is 21.0. The first kappa shape index (κ1) is 16.1. The van der Waals surface area contributed by atoms with Gasteiger partial charge >= 0.3 is 0 Å². The maximum absolute atomic E-state index is 9.24. The molecule has 0 saturated heterocycles. The SMILES string of the molecule is CCCCC1C=C(O)CCC1.[Cu].[Li]. The van der Waals surface area contributed by atoms with Crippen LogP contribution in [0.4, 0.5) is 0 Å². The molecular weight excluding hydrogens is 207 g/mol.